The number of aromatic nitrogens is 1. The molecule has 2 aromatic heterocycles. The van der Waals surface area contributed by atoms with Gasteiger partial charge in [-0.25, -0.2) is 9.78 Å². The zero-order chi connectivity index (χ0) is 22.9. The topological polar surface area (TPSA) is 59.4 Å². The number of thiophene rings is 1. The molecule has 0 saturated carbocycles. The minimum absolute atomic E-state index is 0.165. The van der Waals surface area contributed by atoms with Crippen molar-refractivity contribution in [2.24, 2.45) is 0 Å². The molecule has 0 bridgehead atoms. The van der Waals surface area contributed by atoms with Gasteiger partial charge in [0, 0.05) is 10.3 Å². The monoisotopic (exact) mass is 451 g/mol. The molecule has 0 aliphatic rings. The van der Waals surface area contributed by atoms with E-state index in [0.717, 1.165) is 31.7 Å². The summed E-state index contributed by atoms with van der Waals surface area (Å²) in [4.78, 5) is 18.3. The first-order chi connectivity index (χ1) is 16.1. The smallest absolute Gasteiger partial charge is 0.336 e. The standard InChI is InChI=1S/C28H21NO3S/c1-3-19-13-14-23(32-16-18-9-5-4-6-10-18)25-21(28(30)31)15-22(29-26(19)25)27-17(2)20-11-7-8-12-24(20)33-27/h3-15H,1,16H2,2H3,(H,30,31). The van der Waals surface area contributed by atoms with Crippen LogP contribution in [0.4, 0.5) is 0 Å². The van der Waals surface area contributed by atoms with E-state index in [-0.39, 0.29) is 5.56 Å². The minimum Gasteiger partial charge on any atom is -0.488 e. The second-order valence-corrected chi connectivity index (χ2v) is 8.82. The van der Waals surface area contributed by atoms with Crippen LogP contribution in [0.5, 0.6) is 5.75 Å². The maximum Gasteiger partial charge on any atom is 0.336 e. The summed E-state index contributed by atoms with van der Waals surface area (Å²) in [6.07, 6.45) is 1.70. The van der Waals surface area contributed by atoms with Gasteiger partial charge in [-0.1, -0.05) is 61.2 Å². The van der Waals surface area contributed by atoms with Crippen LogP contribution >= 0.6 is 11.3 Å². The molecule has 5 aromatic rings. The third kappa shape index (κ3) is 3.77. The van der Waals surface area contributed by atoms with E-state index in [2.05, 4.69) is 18.7 Å². The van der Waals surface area contributed by atoms with E-state index in [1.165, 1.54) is 0 Å². The molecule has 33 heavy (non-hydrogen) atoms. The number of carboxylic acids is 1. The molecule has 5 heteroatoms. The van der Waals surface area contributed by atoms with E-state index in [0.29, 0.717) is 29.0 Å². The van der Waals surface area contributed by atoms with Crippen LogP contribution in [0.15, 0.2) is 79.4 Å². The van der Waals surface area contributed by atoms with Gasteiger partial charge in [-0.05, 0) is 47.7 Å². The van der Waals surface area contributed by atoms with Crippen LogP contribution in [0, 0.1) is 6.92 Å². The molecule has 0 amide bonds. The average Bonchev–Trinajstić information content (AvgIpc) is 3.19. The Labute approximate surface area is 195 Å². The molecule has 162 valence electrons. The Morgan fingerprint density at radius 3 is 2.58 bits per heavy atom. The van der Waals surface area contributed by atoms with Crippen molar-refractivity contribution in [3.05, 3.63) is 102 Å². The Morgan fingerprint density at radius 2 is 1.85 bits per heavy atom. The number of carbonyl (C=O) groups is 1. The fourth-order valence-electron chi connectivity index (χ4n) is 4.06. The second kappa shape index (κ2) is 8.52. The Balaban J connectivity index is 1.71. The predicted molar refractivity (Wildman–Crippen MR) is 135 cm³/mol. The molecule has 0 atom stereocenters. The molecule has 4 nitrogen and oxygen atoms in total. The Morgan fingerprint density at radius 1 is 1.09 bits per heavy atom. The molecular formula is C28H21NO3S. The number of rotatable bonds is 6. The van der Waals surface area contributed by atoms with E-state index < -0.39 is 5.97 Å². The number of fused-ring (bicyclic) bond motifs is 2. The lowest BCUT2D eigenvalue weighted by Gasteiger charge is -2.14. The van der Waals surface area contributed by atoms with Crippen LogP contribution in [0.1, 0.15) is 27.0 Å². The highest BCUT2D eigenvalue weighted by Gasteiger charge is 2.21. The van der Waals surface area contributed by atoms with Crippen molar-refractivity contribution in [3.63, 3.8) is 0 Å². The number of carboxylic acid groups (broad SMARTS) is 1. The number of aromatic carboxylic acids is 1. The predicted octanol–water partition coefficient (Wildman–Crippen LogP) is 7.35. The molecule has 0 radical (unpaired) electrons. The number of nitrogens with zero attached hydrogens (tertiary/aromatic N) is 1. The SMILES string of the molecule is C=Cc1ccc(OCc2ccccc2)c2c(C(=O)O)cc(-c3sc4ccccc4c3C)nc12. The number of ether oxygens (including phenoxy) is 1. The van der Waals surface area contributed by atoms with Gasteiger partial charge in [-0.15, -0.1) is 11.3 Å². The van der Waals surface area contributed by atoms with Crippen molar-refractivity contribution in [2.75, 3.05) is 0 Å². The number of aryl methyl sites for hydroxylation is 1. The van der Waals surface area contributed by atoms with Crippen LogP contribution in [0.2, 0.25) is 0 Å². The lowest BCUT2D eigenvalue weighted by atomic mass is 10.0. The summed E-state index contributed by atoms with van der Waals surface area (Å²) in [5, 5.41) is 11.8. The van der Waals surface area contributed by atoms with Gasteiger partial charge in [0.15, 0.2) is 0 Å². The molecule has 1 N–H and O–H groups in total. The quantitative estimate of drug-likeness (QED) is 0.293. The first kappa shape index (κ1) is 20.9. The first-order valence-corrected chi connectivity index (χ1v) is 11.4. The molecule has 5 rings (SSSR count). The fourth-order valence-corrected chi connectivity index (χ4v) is 5.22. The van der Waals surface area contributed by atoms with Crippen molar-refractivity contribution >= 4 is 44.4 Å². The van der Waals surface area contributed by atoms with Gasteiger partial charge in [0.25, 0.3) is 0 Å². The summed E-state index contributed by atoms with van der Waals surface area (Å²) in [6.45, 7) is 6.29. The fraction of sp³-hybridized carbons (Fsp3) is 0.0714. The Kier molecular flexibility index (Phi) is 5.40. The van der Waals surface area contributed by atoms with Gasteiger partial charge in [0.05, 0.1) is 27.0 Å². The number of pyridine rings is 1. The van der Waals surface area contributed by atoms with Crippen molar-refractivity contribution < 1.29 is 14.6 Å². The van der Waals surface area contributed by atoms with Gasteiger partial charge in [-0.2, -0.15) is 0 Å². The molecule has 0 unspecified atom stereocenters. The Hall–Kier alpha value is -3.96. The van der Waals surface area contributed by atoms with E-state index in [4.69, 9.17) is 9.72 Å². The highest BCUT2D eigenvalue weighted by molar-refractivity contribution is 7.22. The summed E-state index contributed by atoms with van der Waals surface area (Å²) >= 11 is 1.62. The summed E-state index contributed by atoms with van der Waals surface area (Å²) < 4.78 is 7.22. The summed E-state index contributed by atoms with van der Waals surface area (Å²) in [7, 11) is 0. The summed E-state index contributed by atoms with van der Waals surface area (Å²) in [5.41, 5.74) is 4.24. The van der Waals surface area contributed by atoms with Crippen LogP contribution in [-0.2, 0) is 6.61 Å². The summed E-state index contributed by atoms with van der Waals surface area (Å²) in [6, 6.07) is 23.3. The van der Waals surface area contributed by atoms with Crippen LogP contribution in [0.3, 0.4) is 0 Å². The van der Waals surface area contributed by atoms with Crippen LogP contribution in [-0.4, -0.2) is 16.1 Å². The van der Waals surface area contributed by atoms with Crippen LogP contribution in [0.25, 0.3) is 37.6 Å². The average molecular weight is 452 g/mol. The largest absolute Gasteiger partial charge is 0.488 e. The molecule has 2 heterocycles. The van der Waals surface area contributed by atoms with Gasteiger partial charge in [0.2, 0.25) is 0 Å². The maximum atomic E-state index is 12.4. The van der Waals surface area contributed by atoms with E-state index in [1.807, 2.05) is 55.5 Å². The van der Waals surface area contributed by atoms with Crippen molar-refractivity contribution in [1.82, 2.24) is 4.98 Å². The molecular weight excluding hydrogens is 430 g/mol. The highest BCUT2D eigenvalue weighted by atomic mass is 32.1. The van der Waals surface area contributed by atoms with Crippen molar-refractivity contribution in [1.29, 1.82) is 0 Å². The van der Waals surface area contributed by atoms with E-state index in [1.54, 1.807) is 29.5 Å². The van der Waals surface area contributed by atoms with Gasteiger partial charge in [0.1, 0.15) is 12.4 Å². The lowest BCUT2D eigenvalue weighted by Crippen LogP contribution is -2.04. The first-order valence-electron chi connectivity index (χ1n) is 10.6. The lowest BCUT2D eigenvalue weighted by molar-refractivity contribution is 0.0698. The van der Waals surface area contributed by atoms with Gasteiger partial charge < -0.3 is 9.84 Å². The van der Waals surface area contributed by atoms with Crippen molar-refractivity contribution in [3.8, 4) is 16.3 Å². The van der Waals surface area contributed by atoms with E-state index in [9.17, 15) is 9.90 Å². The minimum atomic E-state index is -1.02. The number of hydrogen-bond acceptors (Lipinski definition) is 4. The second-order valence-electron chi connectivity index (χ2n) is 7.77. The number of hydrogen-bond donors (Lipinski definition) is 1. The third-order valence-electron chi connectivity index (χ3n) is 5.72. The molecule has 0 spiro atoms. The molecule has 0 saturated heterocycles. The zero-order valence-corrected chi connectivity index (χ0v) is 18.9. The Bertz CT molecular complexity index is 1520. The van der Waals surface area contributed by atoms with Crippen molar-refractivity contribution in [2.45, 2.75) is 13.5 Å². The highest BCUT2D eigenvalue weighted by Crippen LogP contribution is 2.40. The maximum absolute atomic E-state index is 12.4. The normalized spacial score (nSPS) is 11.1. The molecule has 0 aliphatic carbocycles. The third-order valence-corrected chi connectivity index (χ3v) is 7.01. The van der Waals surface area contributed by atoms with Gasteiger partial charge >= 0.3 is 5.97 Å². The zero-order valence-electron chi connectivity index (χ0n) is 18.0. The molecule has 0 fully saturated rings. The number of benzene rings is 3. The molecule has 0 aliphatic heterocycles. The van der Waals surface area contributed by atoms with Gasteiger partial charge in [-0.3, -0.25) is 0 Å². The van der Waals surface area contributed by atoms with E-state index >= 15 is 0 Å². The van der Waals surface area contributed by atoms with Crippen LogP contribution < -0.4 is 4.74 Å². The molecule has 3 aromatic carbocycles. The summed E-state index contributed by atoms with van der Waals surface area (Å²) in [5.74, 6) is -0.530.